The van der Waals surface area contributed by atoms with Gasteiger partial charge in [-0.15, -0.1) is 0 Å². The van der Waals surface area contributed by atoms with Crippen LogP contribution in [0.2, 0.25) is 5.02 Å². The minimum Gasteiger partial charge on any atom is -0.374 e. The fourth-order valence-corrected chi connectivity index (χ4v) is 4.69. The predicted molar refractivity (Wildman–Crippen MR) is 116 cm³/mol. The van der Waals surface area contributed by atoms with E-state index in [4.69, 9.17) is 16.3 Å². The van der Waals surface area contributed by atoms with Crippen molar-refractivity contribution in [1.29, 1.82) is 0 Å². The molecule has 0 unspecified atom stereocenters. The third kappa shape index (κ3) is 5.20. The molecule has 30 heavy (non-hydrogen) atoms. The molecule has 1 amide bonds. The Morgan fingerprint density at radius 1 is 1.13 bits per heavy atom. The Morgan fingerprint density at radius 3 is 2.60 bits per heavy atom. The number of ether oxygens (including phenoxy) is 1. The molecule has 2 aliphatic rings. The predicted octanol–water partition coefficient (Wildman–Crippen LogP) is 4.76. The number of amides is 1. The number of nitrogens with zero attached hydrogens (tertiary/aromatic N) is 2. The second-order valence-corrected chi connectivity index (χ2v) is 8.63. The van der Waals surface area contributed by atoms with Crippen molar-refractivity contribution in [3.8, 4) is 0 Å². The summed E-state index contributed by atoms with van der Waals surface area (Å²) in [5.74, 6) is -0.362. The summed E-state index contributed by atoms with van der Waals surface area (Å²) in [5, 5.41) is 0.777. The number of halogens is 2. The lowest BCUT2D eigenvalue weighted by Gasteiger charge is -2.38. The molecule has 1 saturated heterocycles. The van der Waals surface area contributed by atoms with Gasteiger partial charge in [-0.2, -0.15) is 0 Å². The van der Waals surface area contributed by atoms with Crippen LogP contribution in [-0.4, -0.2) is 54.1 Å². The van der Waals surface area contributed by atoms with Crippen molar-refractivity contribution in [2.75, 3.05) is 26.2 Å². The van der Waals surface area contributed by atoms with Gasteiger partial charge in [-0.1, -0.05) is 42.6 Å². The van der Waals surface area contributed by atoms with Crippen LogP contribution < -0.4 is 0 Å². The van der Waals surface area contributed by atoms with Crippen LogP contribution >= 0.6 is 11.6 Å². The lowest BCUT2D eigenvalue weighted by atomic mass is 10.1. The van der Waals surface area contributed by atoms with E-state index in [0.29, 0.717) is 18.7 Å². The van der Waals surface area contributed by atoms with Crippen LogP contribution in [0.25, 0.3) is 0 Å². The summed E-state index contributed by atoms with van der Waals surface area (Å²) in [4.78, 5) is 17.6. The molecular formula is C24H28ClFN2O2. The first-order chi connectivity index (χ1) is 14.6. The highest BCUT2D eigenvalue weighted by Gasteiger charge is 2.31. The molecule has 4 rings (SSSR count). The fraction of sp³-hybridized carbons (Fsp3) is 0.458. The minimum atomic E-state index is -0.329. The standard InChI is InChI=1S/C24H28ClFN2O2/c25-23-8-4-1-5-19(23)15-27-13-14-30-22(16-27)17-28(21-6-2-3-7-21)24(29)18-9-11-20(26)12-10-18/h1,4-5,8-12,21-22H,2-3,6-7,13-17H2/t22-/m1/s1. The van der Waals surface area contributed by atoms with Gasteiger partial charge in [0.25, 0.3) is 5.91 Å². The molecule has 0 aromatic heterocycles. The first-order valence-electron chi connectivity index (χ1n) is 10.7. The van der Waals surface area contributed by atoms with E-state index in [1.54, 1.807) is 12.1 Å². The maximum absolute atomic E-state index is 13.3. The Balaban J connectivity index is 1.44. The highest BCUT2D eigenvalue weighted by molar-refractivity contribution is 6.31. The first-order valence-corrected chi connectivity index (χ1v) is 11.1. The summed E-state index contributed by atoms with van der Waals surface area (Å²) in [6.45, 7) is 3.56. The molecule has 160 valence electrons. The van der Waals surface area contributed by atoms with E-state index in [-0.39, 0.29) is 23.9 Å². The Kier molecular flexibility index (Phi) is 7.03. The molecule has 1 heterocycles. The Bertz CT molecular complexity index is 855. The van der Waals surface area contributed by atoms with Gasteiger partial charge in [0.05, 0.1) is 12.7 Å². The molecule has 0 bridgehead atoms. The highest BCUT2D eigenvalue weighted by Crippen LogP contribution is 2.26. The number of carbonyl (C=O) groups excluding carboxylic acids is 1. The van der Waals surface area contributed by atoms with E-state index >= 15 is 0 Å². The van der Waals surface area contributed by atoms with Crippen molar-refractivity contribution in [3.05, 3.63) is 70.5 Å². The van der Waals surface area contributed by atoms with Gasteiger partial charge < -0.3 is 9.64 Å². The zero-order chi connectivity index (χ0) is 20.9. The summed E-state index contributed by atoms with van der Waals surface area (Å²) < 4.78 is 19.4. The van der Waals surface area contributed by atoms with Gasteiger partial charge in [0.15, 0.2) is 0 Å². The molecule has 1 aliphatic carbocycles. The average molecular weight is 431 g/mol. The second-order valence-electron chi connectivity index (χ2n) is 8.22. The van der Waals surface area contributed by atoms with Gasteiger partial charge in [-0.3, -0.25) is 9.69 Å². The lowest BCUT2D eigenvalue weighted by Crippen LogP contribution is -2.50. The van der Waals surface area contributed by atoms with Crippen LogP contribution in [-0.2, 0) is 11.3 Å². The van der Waals surface area contributed by atoms with Crippen molar-refractivity contribution < 1.29 is 13.9 Å². The van der Waals surface area contributed by atoms with Crippen LogP contribution in [0.15, 0.2) is 48.5 Å². The number of morpholine rings is 1. The number of rotatable bonds is 6. The van der Waals surface area contributed by atoms with Crippen molar-refractivity contribution in [1.82, 2.24) is 9.80 Å². The molecule has 2 aromatic rings. The molecule has 6 heteroatoms. The smallest absolute Gasteiger partial charge is 0.254 e. The Labute approximate surface area is 182 Å². The molecule has 1 aliphatic heterocycles. The molecule has 1 atom stereocenters. The van der Waals surface area contributed by atoms with E-state index in [1.165, 1.54) is 12.1 Å². The monoisotopic (exact) mass is 430 g/mol. The number of carbonyl (C=O) groups is 1. The zero-order valence-electron chi connectivity index (χ0n) is 17.1. The SMILES string of the molecule is O=C(c1ccc(F)cc1)N(C[C@H]1CN(Cc2ccccc2Cl)CCO1)C1CCCC1. The van der Waals surface area contributed by atoms with E-state index in [2.05, 4.69) is 11.0 Å². The average Bonchev–Trinajstić information content (AvgIpc) is 3.29. The second kappa shape index (κ2) is 9.90. The Hall–Kier alpha value is -1.95. The van der Waals surface area contributed by atoms with Crippen LogP contribution in [0.5, 0.6) is 0 Å². The number of hydrogen-bond donors (Lipinski definition) is 0. The third-order valence-corrected chi connectivity index (χ3v) is 6.46. The Morgan fingerprint density at radius 2 is 1.87 bits per heavy atom. The normalized spacial score (nSPS) is 20.4. The summed E-state index contributed by atoms with van der Waals surface area (Å²) >= 11 is 6.33. The minimum absolute atomic E-state index is 0.0336. The van der Waals surface area contributed by atoms with Gasteiger partial charge >= 0.3 is 0 Å². The largest absolute Gasteiger partial charge is 0.374 e. The van der Waals surface area contributed by atoms with Crippen molar-refractivity contribution in [2.45, 2.75) is 44.4 Å². The van der Waals surface area contributed by atoms with Crippen LogP contribution in [0.3, 0.4) is 0 Å². The number of hydrogen-bond acceptors (Lipinski definition) is 3. The van der Waals surface area contributed by atoms with Crippen molar-refractivity contribution >= 4 is 17.5 Å². The summed E-state index contributed by atoms with van der Waals surface area (Å²) in [7, 11) is 0. The van der Waals surface area contributed by atoms with Gasteiger partial charge in [0.1, 0.15) is 5.82 Å². The molecule has 0 radical (unpaired) electrons. The van der Waals surface area contributed by atoms with Crippen LogP contribution in [0.1, 0.15) is 41.6 Å². The lowest BCUT2D eigenvalue weighted by molar-refractivity contribution is -0.0468. The van der Waals surface area contributed by atoms with Crippen molar-refractivity contribution in [3.63, 3.8) is 0 Å². The highest BCUT2D eigenvalue weighted by atomic mass is 35.5. The van der Waals surface area contributed by atoms with Crippen LogP contribution in [0.4, 0.5) is 4.39 Å². The van der Waals surface area contributed by atoms with Gasteiger partial charge in [0, 0.05) is 42.8 Å². The molecular weight excluding hydrogens is 403 g/mol. The maximum Gasteiger partial charge on any atom is 0.254 e. The zero-order valence-corrected chi connectivity index (χ0v) is 17.9. The summed E-state index contributed by atoms with van der Waals surface area (Å²) in [6.07, 6.45) is 4.27. The molecule has 0 spiro atoms. The maximum atomic E-state index is 13.3. The summed E-state index contributed by atoms with van der Waals surface area (Å²) in [5.41, 5.74) is 1.64. The quantitative estimate of drug-likeness (QED) is 0.662. The van der Waals surface area contributed by atoms with Gasteiger partial charge in [0.2, 0.25) is 0 Å². The molecule has 1 saturated carbocycles. The van der Waals surface area contributed by atoms with E-state index in [1.807, 2.05) is 23.1 Å². The molecule has 4 nitrogen and oxygen atoms in total. The molecule has 2 fully saturated rings. The van der Waals surface area contributed by atoms with E-state index < -0.39 is 0 Å². The van der Waals surface area contributed by atoms with Crippen LogP contribution in [0, 0.1) is 5.82 Å². The first kappa shape index (κ1) is 21.3. The third-order valence-electron chi connectivity index (χ3n) is 6.09. The molecule has 0 N–H and O–H groups in total. The number of benzene rings is 2. The fourth-order valence-electron chi connectivity index (χ4n) is 4.49. The van der Waals surface area contributed by atoms with Crippen molar-refractivity contribution in [2.24, 2.45) is 0 Å². The van der Waals surface area contributed by atoms with E-state index in [9.17, 15) is 9.18 Å². The topological polar surface area (TPSA) is 32.8 Å². The van der Waals surface area contributed by atoms with Gasteiger partial charge in [-0.05, 0) is 48.7 Å². The van der Waals surface area contributed by atoms with E-state index in [0.717, 1.165) is 55.9 Å². The molecule has 2 aromatic carbocycles. The van der Waals surface area contributed by atoms with Gasteiger partial charge in [-0.25, -0.2) is 4.39 Å². The summed E-state index contributed by atoms with van der Waals surface area (Å²) in [6, 6.07) is 14.0.